The first-order valence-electron chi connectivity index (χ1n) is 5.20. The summed E-state index contributed by atoms with van der Waals surface area (Å²) in [6.07, 6.45) is 0.410. The Bertz CT molecular complexity index is 410. The second kappa shape index (κ2) is 4.88. The number of hydrogen-bond donors (Lipinski definition) is 2. The van der Waals surface area contributed by atoms with Crippen LogP contribution in [0.3, 0.4) is 0 Å². The van der Waals surface area contributed by atoms with Crippen LogP contribution >= 0.6 is 0 Å². The molecule has 4 nitrogen and oxygen atoms in total. The molecule has 0 unspecified atom stereocenters. The lowest BCUT2D eigenvalue weighted by molar-refractivity contribution is 0.142. The highest BCUT2D eigenvalue weighted by atomic mass is 16.7. The van der Waals surface area contributed by atoms with Crippen LogP contribution in [-0.2, 0) is 6.42 Å². The maximum atomic E-state index is 10.5. The lowest BCUT2D eigenvalue weighted by atomic mass is 9.99. The van der Waals surface area contributed by atoms with Crippen molar-refractivity contribution < 1.29 is 19.7 Å². The number of ether oxygens (including phenoxy) is 1. The number of aromatic hydroxyl groups is 1. The summed E-state index contributed by atoms with van der Waals surface area (Å²) in [7, 11) is 0. The molecular formula is C12H16O4. The first kappa shape index (κ1) is 12.4. The Balaban J connectivity index is 3.22. The van der Waals surface area contributed by atoms with E-state index in [1.54, 1.807) is 13.8 Å². The van der Waals surface area contributed by atoms with E-state index in [0.717, 1.165) is 18.4 Å². The van der Waals surface area contributed by atoms with Gasteiger partial charge in [0.25, 0.3) is 0 Å². The maximum Gasteiger partial charge on any atom is 0.511 e. The zero-order chi connectivity index (χ0) is 12.3. The van der Waals surface area contributed by atoms with Crippen molar-refractivity contribution in [2.24, 2.45) is 0 Å². The van der Waals surface area contributed by atoms with Crippen LogP contribution in [0.2, 0.25) is 0 Å². The normalized spacial score (nSPS) is 10.2. The van der Waals surface area contributed by atoms with E-state index >= 15 is 0 Å². The topological polar surface area (TPSA) is 66.8 Å². The van der Waals surface area contributed by atoms with E-state index in [1.807, 2.05) is 13.0 Å². The fourth-order valence-electron chi connectivity index (χ4n) is 1.69. The van der Waals surface area contributed by atoms with Crippen molar-refractivity contribution in [2.45, 2.75) is 33.6 Å². The number of phenolic OH excluding ortho intramolecular Hbond substituents is 1. The first-order valence-corrected chi connectivity index (χ1v) is 5.20. The lowest BCUT2D eigenvalue weighted by Crippen LogP contribution is -2.06. The van der Waals surface area contributed by atoms with E-state index in [0.29, 0.717) is 11.1 Å². The summed E-state index contributed by atoms with van der Waals surface area (Å²) < 4.78 is 4.56. The van der Waals surface area contributed by atoms with Gasteiger partial charge in [-0.3, -0.25) is 0 Å². The minimum Gasteiger partial charge on any atom is -0.504 e. The Kier molecular flexibility index (Phi) is 3.77. The van der Waals surface area contributed by atoms with Gasteiger partial charge in [0.15, 0.2) is 11.5 Å². The molecule has 16 heavy (non-hydrogen) atoms. The second-order valence-electron chi connectivity index (χ2n) is 3.77. The summed E-state index contributed by atoms with van der Waals surface area (Å²) in [6, 6.07) is 1.86. The van der Waals surface area contributed by atoms with Gasteiger partial charge in [0.05, 0.1) is 0 Å². The molecule has 0 amide bonds. The largest absolute Gasteiger partial charge is 0.511 e. The Morgan fingerprint density at radius 2 is 2.06 bits per heavy atom. The Labute approximate surface area is 94.5 Å². The van der Waals surface area contributed by atoms with Gasteiger partial charge in [-0.2, -0.15) is 0 Å². The smallest absolute Gasteiger partial charge is 0.504 e. The van der Waals surface area contributed by atoms with Crippen LogP contribution in [0.25, 0.3) is 0 Å². The number of aryl methyl sites for hydroxylation is 2. The van der Waals surface area contributed by atoms with Crippen molar-refractivity contribution in [2.75, 3.05) is 0 Å². The van der Waals surface area contributed by atoms with Gasteiger partial charge in [0, 0.05) is 0 Å². The average molecular weight is 224 g/mol. The number of phenols is 1. The average Bonchev–Trinajstić information content (AvgIpc) is 2.21. The van der Waals surface area contributed by atoms with Crippen molar-refractivity contribution in [1.29, 1.82) is 0 Å². The fourth-order valence-corrected chi connectivity index (χ4v) is 1.69. The summed E-state index contributed by atoms with van der Waals surface area (Å²) in [5.41, 5.74) is 2.34. The van der Waals surface area contributed by atoms with E-state index in [9.17, 15) is 9.90 Å². The first-order chi connectivity index (χ1) is 7.47. The van der Waals surface area contributed by atoms with Gasteiger partial charge in [-0.1, -0.05) is 19.4 Å². The molecule has 0 aliphatic heterocycles. The Hall–Kier alpha value is -1.71. The predicted octanol–water partition coefficient (Wildman–Crippen LogP) is 3.02. The quantitative estimate of drug-likeness (QED) is 0.611. The molecule has 0 heterocycles. The molecular weight excluding hydrogens is 208 g/mol. The van der Waals surface area contributed by atoms with Gasteiger partial charge in [-0.25, -0.2) is 4.79 Å². The molecule has 88 valence electrons. The van der Waals surface area contributed by atoms with Gasteiger partial charge in [0.1, 0.15) is 0 Å². The molecule has 1 rings (SSSR count). The predicted molar refractivity (Wildman–Crippen MR) is 60.2 cm³/mol. The van der Waals surface area contributed by atoms with Gasteiger partial charge >= 0.3 is 6.16 Å². The van der Waals surface area contributed by atoms with Crippen LogP contribution in [0.1, 0.15) is 30.0 Å². The van der Waals surface area contributed by atoms with E-state index in [2.05, 4.69) is 4.74 Å². The molecule has 1 aromatic carbocycles. The van der Waals surface area contributed by atoms with Crippen molar-refractivity contribution in [1.82, 2.24) is 0 Å². The number of hydrogen-bond acceptors (Lipinski definition) is 3. The molecule has 0 aliphatic rings. The van der Waals surface area contributed by atoms with Crippen molar-refractivity contribution in [3.8, 4) is 11.5 Å². The summed E-state index contributed by atoms with van der Waals surface area (Å²) in [5.74, 6) is -0.0456. The van der Waals surface area contributed by atoms with Crippen LogP contribution in [-0.4, -0.2) is 16.4 Å². The highest BCUT2D eigenvalue weighted by Gasteiger charge is 2.15. The van der Waals surface area contributed by atoms with Crippen LogP contribution in [0.5, 0.6) is 11.5 Å². The third-order valence-electron chi connectivity index (χ3n) is 2.51. The SMILES string of the molecule is CCCc1cc(C)c(OC(=O)O)c(O)c1C. The van der Waals surface area contributed by atoms with E-state index in [1.165, 1.54) is 0 Å². The molecule has 1 aromatic rings. The monoisotopic (exact) mass is 224 g/mol. The Morgan fingerprint density at radius 3 is 2.56 bits per heavy atom. The third-order valence-corrected chi connectivity index (χ3v) is 2.51. The number of carboxylic acid groups (broad SMARTS) is 1. The van der Waals surface area contributed by atoms with Gasteiger partial charge in [0.2, 0.25) is 0 Å². The summed E-state index contributed by atoms with van der Waals surface area (Å²) >= 11 is 0. The number of rotatable bonds is 3. The molecule has 0 atom stereocenters. The number of carbonyl (C=O) groups is 1. The molecule has 0 aromatic heterocycles. The van der Waals surface area contributed by atoms with E-state index < -0.39 is 6.16 Å². The Morgan fingerprint density at radius 1 is 1.44 bits per heavy atom. The minimum absolute atomic E-state index is 0.0323. The van der Waals surface area contributed by atoms with Gasteiger partial charge in [-0.05, 0) is 37.0 Å². The standard InChI is InChI=1S/C12H16O4/c1-4-5-9-6-7(2)11(16-12(14)15)10(13)8(9)3/h6,13H,4-5H2,1-3H3,(H,14,15). The molecule has 4 heteroatoms. The van der Waals surface area contributed by atoms with Gasteiger partial charge < -0.3 is 14.9 Å². The minimum atomic E-state index is -1.42. The van der Waals surface area contributed by atoms with Crippen LogP contribution < -0.4 is 4.74 Å². The molecule has 0 fully saturated rings. The summed E-state index contributed by atoms with van der Waals surface area (Å²) in [5, 5.41) is 18.4. The number of benzene rings is 1. The second-order valence-corrected chi connectivity index (χ2v) is 3.77. The third kappa shape index (κ3) is 2.45. The molecule has 0 bridgehead atoms. The van der Waals surface area contributed by atoms with Crippen molar-refractivity contribution in [3.63, 3.8) is 0 Å². The summed E-state index contributed by atoms with van der Waals surface area (Å²) in [6.45, 7) is 5.53. The van der Waals surface area contributed by atoms with Crippen LogP contribution in [0.15, 0.2) is 6.07 Å². The maximum absolute atomic E-state index is 10.5. The highest BCUT2D eigenvalue weighted by molar-refractivity contribution is 5.66. The zero-order valence-electron chi connectivity index (χ0n) is 9.70. The molecule has 2 N–H and O–H groups in total. The fraction of sp³-hybridized carbons (Fsp3) is 0.417. The summed E-state index contributed by atoms with van der Waals surface area (Å²) in [4.78, 5) is 10.5. The van der Waals surface area contributed by atoms with Crippen molar-refractivity contribution in [3.05, 3.63) is 22.8 Å². The van der Waals surface area contributed by atoms with Crippen LogP contribution in [0, 0.1) is 13.8 Å². The lowest BCUT2D eigenvalue weighted by Gasteiger charge is -2.13. The zero-order valence-corrected chi connectivity index (χ0v) is 9.70. The van der Waals surface area contributed by atoms with Crippen LogP contribution in [0.4, 0.5) is 4.79 Å². The molecule has 0 saturated heterocycles. The molecule has 0 saturated carbocycles. The van der Waals surface area contributed by atoms with Gasteiger partial charge in [-0.15, -0.1) is 0 Å². The molecule has 0 spiro atoms. The molecule has 0 aliphatic carbocycles. The highest BCUT2D eigenvalue weighted by Crippen LogP contribution is 2.36. The van der Waals surface area contributed by atoms with E-state index in [-0.39, 0.29) is 11.5 Å². The molecule has 0 radical (unpaired) electrons. The van der Waals surface area contributed by atoms with E-state index in [4.69, 9.17) is 5.11 Å². The van der Waals surface area contributed by atoms with Crippen molar-refractivity contribution >= 4 is 6.16 Å².